The maximum Gasteiger partial charge on any atom is 0.260 e. The third-order valence-corrected chi connectivity index (χ3v) is 7.14. The first-order valence-corrected chi connectivity index (χ1v) is 11.1. The highest BCUT2D eigenvalue weighted by Crippen LogP contribution is 2.27. The fourth-order valence-electron chi connectivity index (χ4n) is 3.28. The van der Waals surface area contributed by atoms with Crippen molar-refractivity contribution in [1.29, 1.82) is 0 Å². The summed E-state index contributed by atoms with van der Waals surface area (Å²) in [6.45, 7) is 0.875. The van der Waals surface area contributed by atoms with Gasteiger partial charge in [0.15, 0.2) is 16.4 Å². The van der Waals surface area contributed by atoms with Gasteiger partial charge in [-0.05, 0) is 31.4 Å². The van der Waals surface area contributed by atoms with Crippen molar-refractivity contribution < 1.29 is 22.7 Å². The van der Waals surface area contributed by atoms with Crippen molar-refractivity contribution in [2.75, 3.05) is 31.3 Å². The largest absolute Gasteiger partial charge is 0.484 e. The molecule has 2 fully saturated rings. The van der Waals surface area contributed by atoms with E-state index in [1.165, 1.54) is 0 Å². The standard InChI is InChI=1S/C17H21Cl2NO5S/c18-15-4-3-13(8-16(15)19)25-10-17(21)20(9-14-2-1-6-24-14)12-5-7-26(22,23)11-12/h3-4,8,12,14H,1-2,5-7,9-11H2/t12-,14-/m0/s1. The number of sulfone groups is 1. The van der Waals surface area contributed by atoms with E-state index in [9.17, 15) is 13.2 Å². The molecule has 2 aliphatic heterocycles. The van der Waals surface area contributed by atoms with Gasteiger partial charge in [0, 0.05) is 25.3 Å². The predicted molar refractivity (Wildman–Crippen MR) is 99.7 cm³/mol. The van der Waals surface area contributed by atoms with E-state index in [1.54, 1.807) is 23.1 Å². The van der Waals surface area contributed by atoms with Gasteiger partial charge in [0.05, 0.1) is 27.7 Å². The summed E-state index contributed by atoms with van der Waals surface area (Å²) in [5.74, 6) is 0.288. The second-order valence-electron chi connectivity index (χ2n) is 6.60. The van der Waals surface area contributed by atoms with Crippen LogP contribution in [0, 0.1) is 0 Å². The average molecular weight is 422 g/mol. The van der Waals surface area contributed by atoms with Crippen molar-refractivity contribution in [1.82, 2.24) is 4.90 Å². The molecule has 0 aliphatic carbocycles. The average Bonchev–Trinajstić information content (AvgIpc) is 3.22. The highest BCUT2D eigenvalue weighted by molar-refractivity contribution is 7.91. The van der Waals surface area contributed by atoms with Crippen molar-refractivity contribution in [3.8, 4) is 5.75 Å². The van der Waals surface area contributed by atoms with Crippen LogP contribution in [0.3, 0.4) is 0 Å². The van der Waals surface area contributed by atoms with E-state index in [0.717, 1.165) is 12.8 Å². The van der Waals surface area contributed by atoms with Gasteiger partial charge in [0.25, 0.3) is 5.91 Å². The number of halogens is 2. The minimum atomic E-state index is -3.09. The number of carbonyl (C=O) groups is 1. The molecule has 2 atom stereocenters. The van der Waals surface area contributed by atoms with E-state index in [-0.39, 0.29) is 36.2 Å². The molecular formula is C17H21Cl2NO5S. The van der Waals surface area contributed by atoms with E-state index in [0.29, 0.717) is 35.4 Å². The zero-order valence-corrected chi connectivity index (χ0v) is 16.5. The van der Waals surface area contributed by atoms with Crippen LogP contribution in [0.5, 0.6) is 5.75 Å². The van der Waals surface area contributed by atoms with Crippen LogP contribution >= 0.6 is 23.2 Å². The Morgan fingerprint density at radius 2 is 2.08 bits per heavy atom. The predicted octanol–water partition coefficient (Wildman–Crippen LogP) is 2.57. The molecule has 0 bridgehead atoms. The monoisotopic (exact) mass is 421 g/mol. The van der Waals surface area contributed by atoms with Crippen LogP contribution in [0.15, 0.2) is 18.2 Å². The summed E-state index contributed by atoms with van der Waals surface area (Å²) in [6.07, 6.45) is 2.23. The second-order valence-corrected chi connectivity index (χ2v) is 9.65. The molecule has 2 heterocycles. The summed E-state index contributed by atoms with van der Waals surface area (Å²) >= 11 is 11.8. The summed E-state index contributed by atoms with van der Waals surface area (Å²) in [6, 6.07) is 4.44. The normalized spacial score (nSPS) is 24.5. The van der Waals surface area contributed by atoms with Gasteiger partial charge in [-0.1, -0.05) is 23.2 Å². The molecule has 1 amide bonds. The maximum atomic E-state index is 12.7. The molecule has 9 heteroatoms. The number of nitrogens with zero attached hydrogens (tertiary/aromatic N) is 1. The van der Waals surface area contributed by atoms with Gasteiger partial charge in [-0.2, -0.15) is 0 Å². The zero-order valence-electron chi connectivity index (χ0n) is 14.2. The topological polar surface area (TPSA) is 72.9 Å². The SMILES string of the molecule is O=C(COc1ccc(Cl)c(Cl)c1)N(C[C@@H]1CCCO1)[C@H]1CCS(=O)(=O)C1. The molecule has 1 aromatic carbocycles. The van der Waals surface area contributed by atoms with E-state index < -0.39 is 9.84 Å². The molecule has 0 saturated carbocycles. The van der Waals surface area contributed by atoms with E-state index in [2.05, 4.69) is 0 Å². The van der Waals surface area contributed by atoms with Crippen LogP contribution in [0.2, 0.25) is 10.0 Å². The molecule has 0 N–H and O–H groups in total. The molecule has 2 aliphatic rings. The minimum Gasteiger partial charge on any atom is -0.484 e. The third kappa shape index (κ3) is 5.03. The van der Waals surface area contributed by atoms with Gasteiger partial charge in [-0.25, -0.2) is 8.42 Å². The van der Waals surface area contributed by atoms with Crippen LogP contribution in [-0.4, -0.2) is 62.6 Å². The van der Waals surface area contributed by atoms with Crippen molar-refractivity contribution >= 4 is 38.9 Å². The van der Waals surface area contributed by atoms with Crippen LogP contribution in [0.4, 0.5) is 0 Å². The molecule has 144 valence electrons. The summed E-state index contributed by atoms with van der Waals surface area (Å²) in [5.41, 5.74) is 0. The molecule has 0 radical (unpaired) electrons. The molecule has 26 heavy (non-hydrogen) atoms. The summed E-state index contributed by atoms with van der Waals surface area (Å²) < 4.78 is 34.8. The van der Waals surface area contributed by atoms with Gasteiger partial charge < -0.3 is 14.4 Å². The Hall–Kier alpha value is -1.02. The molecule has 2 saturated heterocycles. The van der Waals surface area contributed by atoms with E-state index in [1.807, 2.05) is 0 Å². The Balaban J connectivity index is 1.66. The summed E-state index contributed by atoms with van der Waals surface area (Å²) in [5, 5.41) is 0.747. The Morgan fingerprint density at radius 1 is 1.27 bits per heavy atom. The van der Waals surface area contributed by atoms with Gasteiger partial charge in [-0.3, -0.25) is 4.79 Å². The molecule has 1 aromatic rings. The maximum absolute atomic E-state index is 12.7. The number of rotatable bonds is 6. The Morgan fingerprint density at radius 3 is 2.69 bits per heavy atom. The first-order chi connectivity index (χ1) is 12.3. The van der Waals surface area contributed by atoms with Crippen LogP contribution in [0.25, 0.3) is 0 Å². The molecule has 6 nitrogen and oxygen atoms in total. The number of carbonyl (C=O) groups excluding carboxylic acids is 1. The molecule has 0 aromatic heterocycles. The Labute approximate surface area is 163 Å². The van der Waals surface area contributed by atoms with Gasteiger partial charge in [0.2, 0.25) is 0 Å². The quantitative estimate of drug-likeness (QED) is 0.705. The Kier molecular flexibility index (Phi) is 6.33. The van der Waals surface area contributed by atoms with E-state index in [4.69, 9.17) is 32.7 Å². The van der Waals surface area contributed by atoms with Gasteiger partial charge in [-0.15, -0.1) is 0 Å². The van der Waals surface area contributed by atoms with Gasteiger partial charge >= 0.3 is 0 Å². The number of benzene rings is 1. The van der Waals surface area contributed by atoms with Gasteiger partial charge in [0.1, 0.15) is 5.75 Å². The van der Waals surface area contributed by atoms with Crippen molar-refractivity contribution in [3.63, 3.8) is 0 Å². The van der Waals surface area contributed by atoms with Crippen LogP contribution in [0.1, 0.15) is 19.3 Å². The first-order valence-electron chi connectivity index (χ1n) is 8.53. The van der Waals surface area contributed by atoms with Crippen molar-refractivity contribution in [2.45, 2.75) is 31.4 Å². The minimum absolute atomic E-state index is 0.00175. The smallest absolute Gasteiger partial charge is 0.260 e. The lowest BCUT2D eigenvalue weighted by atomic mass is 10.1. The molecule has 0 unspecified atom stereocenters. The van der Waals surface area contributed by atoms with Crippen molar-refractivity contribution in [2.24, 2.45) is 0 Å². The summed E-state index contributed by atoms with van der Waals surface area (Å²) in [7, 11) is -3.09. The Bertz CT molecular complexity index is 764. The summed E-state index contributed by atoms with van der Waals surface area (Å²) in [4.78, 5) is 14.4. The number of ether oxygens (including phenoxy) is 2. The highest BCUT2D eigenvalue weighted by atomic mass is 35.5. The lowest BCUT2D eigenvalue weighted by Gasteiger charge is -2.30. The van der Waals surface area contributed by atoms with Crippen molar-refractivity contribution in [3.05, 3.63) is 28.2 Å². The third-order valence-electron chi connectivity index (χ3n) is 4.65. The molecular weight excluding hydrogens is 401 g/mol. The van der Waals surface area contributed by atoms with Crippen LogP contribution in [-0.2, 0) is 19.4 Å². The number of amides is 1. The molecule has 3 rings (SSSR count). The fourth-order valence-corrected chi connectivity index (χ4v) is 5.30. The lowest BCUT2D eigenvalue weighted by molar-refractivity contribution is -0.137. The molecule has 0 spiro atoms. The zero-order chi connectivity index (χ0) is 18.7. The lowest BCUT2D eigenvalue weighted by Crippen LogP contribution is -2.47. The second kappa shape index (κ2) is 8.33. The number of hydrogen-bond acceptors (Lipinski definition) is 5. The fraction of sp³-hybridized carbons (Fsp3) is 0.588. The highest BCUT2D eigenvalue weighted by Gasteiger charge is 2.36. The first kappa shape index (κ1) is 19.7. The van der Waals surface area contributed by atoms with E-state index >= 15 is 0 Å². The van der Waals surface area contributed by atoms with Crippen LogP contribution < -0.4 is 4.74 Å². The number of hydrogen-bond donors (Lipinski definition) is 0.